The minimum absolute atomic E-state index is 0.0630. The number of aromatic nitrogens is 1. The number of hydrogen-bond donors (Lipinski definition) is 1. The maximum Gasteiger partial charge on any atom is 0.113 e. The predicted molar refractivity (Wildman–Crippen MR) is 83.8 cm³/mol. The number of thiazole rings is 1. The van der Waals surface area contributed by atoms with Gasteiger partial charge in [0, 0.05) is 10.9 Å². The average Bonchev–Trinajstić information content (AvgIpc) is 2.96. The van der Waals surface area contributed by atoms with Gasteiger partial charge in [0.1, 0.15) is 5.01 Å². The fourth-order valence-electron chi connectivity index (χ4n) is 3.44. The van der Waals surface area contributed by atoms with E-state index in [0.717, 1.165) is 12.3 Å². The molecule has 1 aliphatic carbocycles. The second-order valence-corrected chi connectivity index (χ2v) is 7.56. The van der Waals surface area contributed by atoms with Gasteiger partial charge in [0.15, 0.2) is 0 Å². The fourth-order valence-corrected chi connectivity index (χ4v) is 4.63. The van der Waals surface area contributed by atoms with Crippen LogP contribution in [0.5, 0.6) is 0 Å². The summed E-state index contributed by atoms with van der Waals surface area (Å²) in [7, 11) is 0. The highest BCUT2D eigenvalue weighted by Gasteiger charge is 2.40. The van der Waals surface area contributed by atoms with E-state index in [1.165, 1.54) is 41.3 Å². The highest BCUT2D eigenvalue weighted by atomic mass is 32.1. The summed E-state index contributed by atoms with van der Waals surface area (Å²) < 4.78 is 0. The van der Waals surface area contributed by atoms with Crippen molar-refractivity contribution in [1.29, 1.82) is 0 Å². The van der Waals surface area contributed by atoms with Crippen molar-refractivity contribution in [3.63, 3.8) is 0 Å². The van der Waals surface area contributed by atoms with E-state index in [1.807, 2.05) is 11.3 Å². The van der Waals surface area contributed by atoms with Crippen LogP contribution >= 0.6 is 11.3 Å². The lowest BCUT2D eigenvalue weighted by molar-refractivity contribution is 0.216. The molecule has 1 N–H and O–H groups in total. The second-order valence-electron chi connectivity index (χ2n) is 6.36. The average molecular weight is 280 g/mol. The molecule has 19 heavy (non-hydrogen) atoms. The molecule has 1 heterocycles. The van der Waals surface area contributed by atoms with Crippen LogP contribution in [0.1, 0.15) is 69.0 Å². The first-order valence-electron chi connectivity index (χ1n) is 7.71. The van der Waals surface area contributed by atoms with E-state index in [-0.39, 0.29) is 5.54 Å². The molecular formula is C16H28N2S. The van der Waals surface area contributed by atoms with Crippen molar-refractivity contribution in [2.24, 2.45) is 5.92 Å². The van der Waals surface area contributed by atoms with Gasteiger partial charge in [-0.25, -0.2) is 4.98 Å². The minimum atomic E-state index is 0.0630. The molecule has 1 saturated carbocycles. The molecule has 3 heteroatoms. The molecule has 0 amide bonds. The Balaban J connectivity index is 2.34. The largest absolute Gasteiger partial charge is 0.303 e. The van der Waals surface area contributed by atoms with Gasteiger partial charge in [-0.05, 0) is 52.9 Å². The van der Waals surface area contributed by atoms with Crippen LogP contribution in [0.25, 0.3) is 0 Å². The van der Waals surface area contributed by atoms with Crippen molar-refractivity contribution in [2.75, 3.05) is 0 Å². The van der Waals surface area contributed by atoms with E-state index in [2.05, 4.69) is 39.9 Å². The van der Waals surface area contributed by atoms with E-state index < -0.39 is 0 Å². The highest BCUT2D eigenvalue weighted by Crippen LogP contribution is 2.42. The van der Waals surface area contributed by atoms with Crippen LogP contribution in [0.15, 0.2) is 0 Å². The lowest BCUT2D eigenvalue weighted by Gasteiger charge is -2.37. The Morgan fingerprint density at radius 1 is 1.37 bits per heavy atom. The van der Waals surface area contributed by atoms with Crippen LogP contribution in [0.2, 0.25) is 0 Å². The zero-order valence-corrected chi connectivity index (χ0v) is 13.9. The molecule has 0 aliphatic heterocycles. The summed E-state index contributed by atoms with van der Waals surface area (Å²) in [5.41, 5.74) is 1.35. The monoisotopic (exact) mass is 280 g/mol. The molecule has 1 aliphatic rings. The van der Waals surface area contributed by atoms with E-state index >= 15 is 0 Å². The smallest absolute Gasteiger partial charge is 0.113 e. The summed E-state index contributed by atoms with van der Waals surface area (Å²) in [5.74, 6) is 0.741. The van der Waals surface area contributed by atoms with E-state index in [1.54, 1.807) is 0 Å². The van der Waals surface area contributed by atoms with E-state index in [4.69, 9.17) is 4.98 Å². The Hall–Kier alpha value is -0.410. The van der Waals surface area contributed by atoms with Gasteiger partial charge in [-0.3, -0.25) is 0 Å². The molecule has 1 fully saturated rings. The first-order chi connectivity index (χ1) is 8.97. The van der Waals surface area contributed by atoms with Crippen LogP contribution in [0, 0.1) is 12.8 Å². The molecule has 0 saturated heterocycles. The molecule has 1 aromatic heterocycles. The number of nitrogens with zero attached hydrogens (tertiary/aromatic N) is 1. The summed E-state index contributed by atoms with van der Waals surface area (Å²) in [6.45, 7) is 11.3. The summed E-state index contributed by atoms with van der Waals surface area (Å²) in [5, 5.41) is 5.13. The van der Waals surface area contributed by atoms with Crippen LogP contribution in [0.3, 0.4) is 0 Å². The standard InChI is InChI=1S/C16H28N2S/c1-6-14-12(4)19-15(17-14)16(5,18-11(2)3)13-9-7-8-10-13/h11,13,18H,6-10H2,1-5H3. The molecule has 1 aromatic rings. The Bertz CT molecular complexity index is 418. The minimum Gasteiger partial charge on any atom is -0.303 e. The van der Waals surface area contributed by atoms with Crippen LogP contribution < -0.4 is 5.32 Å². The van der Waals surface area contributed by atoms with Gasteiger partial charge in [0.25, 0.3) is 0 Å². The summed E-state index contributed by atoms with van der Waals surface area (Å²) >= 11 is 1.90. The van der Waals surface area contributed by atoms with Crippen LogP contribution in [-0.2, 0) is 12.0 Å². The fraction of sp³-hybridized carbons (Fsp3) is 0.812. The SMILES string of the molecule is CCc1nc(C(C)(NC(C)C)C2CCCC2)sc1C. The van der Waals surface area contributed by atoms with Crippen molar-refractivity contribution in [2.45, 2.75) is 78.3 Å². The summed E-state index contributed by atoms with van der Waals surface area (Å²) in [4.78, 5) is 6.35. The predicted octanol–water partition coefficient (Wildman–Crippen LogP) is 4.42. The number of rotatable bonds is 5. The quantitative estimate of drug-likeness (QED) is 0.863. The summed E-state index contributed by atoms with van der Waals surface area (Å²) in [6, 6.07) is 0.500. The van der Waals surface area contributed by atoms with Gasteiger partial charge in [-0.2, -0.15) is 0 Å². The van der Waals surface area contributed by atoms with Gasteiger partial charge in [0.05, 0.1) is 11.2 Å². The Morgan fingerprint density at radius 2 is 2.00 bits per heavy atom. The molecule has 2 nitrogen and oxygen atoms in total. The number of aryl methyl sites for hydroxylation is 2. The normalized spacial score (nSPS) is 20.1. The van der Waals surface area contributed by atoms with Crippen molar-refractivity contribution in [1.82, 2.24) is 10.3 Å². The van der Waals surface area contributed by atoms with Gasteiger partial charge >= 0.3 is 0 Å². The molecule has 0 bridgehead atoms. The van der Waals surface area contributed by atoms with Crippen molar-refractivity contribution >= 4 is 11.3 Å². The molecule has 0 aromatic carbocycles. The third-order valence-electron chi connectivity index (χ3n) is 4.43. The maximum atomic E-state index is 4.95. The lowest BCUT2D eigenvalue weighted by Crippen LogP contribution is -2.48. The molecular weight excluding hydrogens is 252 g/mol. The first kappa shape index (κ1) is 15.0. The molecule has 0 spiro atoms. The lowest BCUT2D eigenvalue weighted by atomic mass is 9.84. The highest BCUT2D eigenvalue weighted by molar-refractivity contribution is 7.11. The zero-order valence-electron chi connectivity index (χ0n) is 13.0. The summed E-state index contributed by atoms with van der Waals surface area (Å²) in [6.07, 6.45) is 6.49. The maximum absolute atomic E-state index is 4.95. The third-order valence-corrected chi connectivity index (χ3v) is 5.68. The van der Waals surface area contributed by atoms with E-state index in [9.17, 15) is 0 Å². The van der Waals surface area contributed by atoms with E-state index in [0.29, 0.717) is 6.04 Å². The van der Waals surface area contributed by atoms with Crippen molar-refractivity contribution in [3.8, 4) is 0 Å². The number of hydrogen-bond acceptors (Lipinski definition) is 3. The van der Waals surface area contributed by atoms with Gasteiger partial charge in [-0.15, -0.1) is 11.3 Å². The molecule has 0 radical (unpaired) electrons. The first-order valence-corrected chi connectivity index (χ1v) is 8.53. The molecule has 1 atom stereocenters. The Kier molecular flexibility index (Phi) is 4.67. The van der Waals surface area contributed by atoms with Gasteiger partial charge in [-0.1, -0.05) is 19.8 Å². The topological polar surface area (TPSA) is 24.9 Å². The second kappa shape index (κ2) is 5.92. The van der Waals surface area contributed by atoms with Crippen molar-refractivity contribution < 1.29 is 0 Å². The molecule has 2 rings (SSSR count). The van der Waals surface area contributed by atoms with Crippen LogP contribution in [0.4, 0.5) is 0 Å². The molecule has 1 unspecified atom stereocenters. The number of nitrogens with one attached hydrogen (secondary N) is 1. The Labute approximate surface area is 122 Å². The Morgan fingerprint density at radius 3 is 2.47 bits per heavy atom. The van der Waals surface area contributed by atoms with Gasteiger partial charge in [0.2, 0.25) is 0 Å². The zero-order chi connectivity index (χ0) is 14.0. The molecule has 108 valence electrons. The van der Waals surface area contributed by atoms with Crippen LogP contribution in [-0.4, -0.2) is 11.0 Å². The van der Waals surface area contributed by atoms with Gasteiger partial charge < -0.3 is 5.32 Å². The van der Waals surface area contributed by atoms with Crippen molar-refractivity contribution in [3.05, 3.63) is 15.6 Å². The third kappa shape index (κ3) is 3.03.